The number of carbonyl (C=O) groups is 2. The van der Waals surface area contributed by atoms with Gasteiger partial charge in [-0.25, -0.2) is 4.98 Å². The van der Waals surface area contributed by atoms with E-state index in [2.05, 4.69) is 28.3 Å². The SMILES string of the molecule is CCN(CC)CCn1c2ccc3c(c2c2nc(C(C)=O)oc21)CCC3=O. The highest BCUT2D eigenvalue weighted by molar-refractivity contribution is 6.13. The third-order valence-corrected chi connectivity index (χ3v) is 5.41. The monoisotopic (exact) mass is 353 g/mol. The van der Waals surface area contributed by atoms with E-state index in [4.69, 9.17) is 4.42 Å². The van der Waals surface area contributed by atoms with Gasteiger partial charge in [-0.05, 0) is 37.2 Å². The smallest absolute Gasteiger partial charge is 0.265 e. The van der Waals surface area contributed by atoms with E-state index < -0.39 is 0 Å². The molecule has 2 heterocycles. The van der Waals surface area contributed by atoms with Crippen LogP contribution in [0.5, 0.6) is 0 Å². The summed E-state index contributed by atoms with van der Waals surface area (Å²) in [5.41, 5.74) is 4.19. The van der Waals surface area contributed by atoms with Crippen LogP contribution in [-0.4, -0.2) is 45.7 Å². The van der Waals surface area contributed by atoms with Crippen molar-refractivity contribution in [2.24, 2.45) is 0 Å². The van der Waals surface area contributed by atoms with Gasteiger partial charge < -0.3 is 13.9 Å². The zero-order valence-electron chi connectivity index (χ0n) is 15.5. The molecule has 0 saturated carbocycles. The molecule has 3 aromatic rings. The fraction of sp³-hybridized carbons (Fsp3) is 0.450. The van der Waals surface area contributed by atoms with E-state index in [1.54, 1.807) is 0 Å². The molecule has 2 aromatic heterocycles. The lowest BCUT2D eigenvalue weighted by Crippen LogP contribution is -2.26. The maximum absolute atomic E-state index is 12.1. The minimum absolute atomic E-state index is 0.135. The predicted molar refractivity (Wildman–Crippen MR) is 99.9 cm³/mol. The number of aryl methyl sites for hydroxylation is 1. The maximum Gasteiger partial charge on any atom is 0.265 e. The Morgan fingerprint density at radius 1 is 1.27 bits per heavy atom. The molecule has 6 nitrogen and oxygen atoms in total. The highest BCUT2D eigenvalue weighted by Gasteiger charge is 2.27. The Labute approximate surface area is 151 Å². The first-order valence-electron chi connectivity index (χ1n) is 9.26. The van der Waals surface area contributed by atoms with Gasteiger partial charge in [0.25, 0.3) is 5.89 Å². The Balaban J connectivity index is 1.93. The molecule has 136 valence electrons. The fourth-order valence-corrected chi connectivity index (χ4v) is 3.94. The number of Topliss-reactive ketones (excluding diaryl/α,β-unsaturated/α-hetero) is 2. The van der Waals surface area contributed by atoms with Gasteiger partial charge in [-0.15, -0.1) is 0 Å². The van der Waals surface area contributed by atoms with Crippen LogP contribution in [0.15, 0.2) is 16.5 Å². The molecule has 0 aliphatic heterocycles. The van der Waals surface area contributed by atoms with Crippen LogP contribution < -0.4 is 0 Å². The molecule has 0 amide bonds. The molecule has 0 saturated heterocycles. The van der Waals surface area contributed by atoms with Crippen LogP contribution in [0.3, 0.4) is 0 Å². The summed E-state index contributed by atoms with van der Waals surface area (Å²) in [5.74, 6) is 0.130. The van der Waals surface area contributed by atoms with E-state index in [9.17, 15) is 9.59 Å². The summed E-state index contributed by atoms with van der Waals surface area (Å²) in [7, 11) is 0. The molecule has 1 aliphatic rings. The quantitative estimate of drug-likeness (QED) is 0.635. The molecular weight excluding hydrogens is 330 g/mol. The van der Waals surface area contributed by atoms with E-state index in [0.29, 0.717) is 17.7 Å². The number of aromatic nitrogens is 2. The highest BCUT2D eigenvalue weighted by Crippen LogP contribution is 2.37. The van der Waals surface area contributed by atoms with Crippen molar-refractivity contribution >= 4 is 33.7 Å². The molecule has 1 aliphatic carbocycles. The first-order chi connectivity index (χ1) is 12.5. The van der Waals surface area contributed by atoms with Crippen molar-refractivity contribution in [3.63, 3.8) is 0 Å². The molecule has 6 heteroatoms. The largest absolute Gasteiger partial charge is 0.416 e. The summed E-state index contributed by atoms with van der Waals surface area (Å²) in [6, 6.07) is 3.91. The Morgan fingerprint density at radius 2 is 2.04 bits per heavy atom. The number of rotatable bonds is 6. The lowest BCUT2D eigenvalue weighted by atomic mass is 10.1. The number of hydrogen-bond donors (Lipinski definition) is 0. The molecule has 0 bridgehead atoms. The van der Waals surface area contributed by atoms with Gasteiger partial charge in [0.05, 0.1) is 5.52 Å². The van der Waals surface area contributed by atoms with Gasteiger partial charge in [0.2, 0.25) is 11.5 Å². The van der Waals surface area contributed by atoms with Gasteiger partial charge >= 0.3 is 0 Å². The zero-order valence-corrected chi connectivity index (χ0v) is 15.5. The Bertz CT molecular complexity index is 1020. The lowest BCUT2D eigenvalue weighted by Gasteiger charge is -2.18. The van der Waals surface area contributed by atoms with Crippen molar-refractivity contribution in [3.8, 4) is 0 Å². The summed E-state index contributed by atoms with van der Waals surface area (Å²) in [4.78, 5) is 30.7. The molecule has 0 spiro atoms. The van der Waals surface area contributed by atoms with Crippen LogP contribution >= 0.6 is 0 Å². The number of benzene rings is 1. The molecule has 26 heavy (non-hydrogen) atoms. The van der Waals surface area contributed by atoms with Crippen LogP contribution in [0, 0.1) is 0 Å². The summed E-state index contributed by atoms with van der Waals surface area (Å²) < 4.78 is 7.93. The zero-order chi connectivity index (χ0) is 18.4. The highest BCUT2D eigenvalue weighted by atomic mass is 16.4. The van der Waals surface area contributed by atoms with Crippen LogP contribution in [0.2, 0.25) is 0 Å². The second-order valence-corrected chi connectivity index (χ2v) is 6.82. The summed E-state index contributed by atoms with van der Waals surface area (Å²) in [6.07, 6.45) is 1.26. The van der Waals surface area contributed by atoms with Crippen molar-refractivity contribution in [2.75, 3.05) is 19.6 Å². The van der Waals surface area contributed by atoms with Crippen LogP contribution in [0.4, 0.5) is 0 Å². The van der Waals surface area contributed by atoms with Crippen LogP contribution in [-0.2, 0) is 13.0 Å². The number of carbonyl (C=O) groups excluding carboxylic acids is 2. The van der Waals surface area contributed by atoms with Gasteiger partial charge in [-0.1, -0.05) is 13.8 Å². The topological polar surface area (TPSA) is 68.3 Å². The van der Waals surface area contributed by atoms with Crippen molar-refractivity contribution < 1.29 is 14.0 Å². The standard InChI is InChI=1S/C20H23N3O3/c1-4-22(5-2)10-11-23-15-8-6-13-14(7-9-16(13)25)17(15)18-20(23)26-19(21-18)12(3)24/h6,8H,4-5,7,9-11H2,1-3H3. The second kappa shape index (κ2) is 6.36. The van der Waals surface area contributed by atoms with Crippen molar-refractivity contribution in [1.82, 2.24) is 14.5 Å². The first-order valence-corrected chi connectivity index (χ1v) is 9.26. The Kier molecular flexibility index (Phi) is 4.15. The molecule has 1 aromatic carbocycles. The number of ketones is 2. The molecule has 0 unspecified atom stereocenters. The van der Waals surface area contributed by atoms with E-state index in [-0.39, 0.29) is 17.5 Å². The van der Waals surface area contributed by atoms with Crippen LogP contribution in [0.1, 0.15) is 53.8 Å². The minimum atomic E-state index is -0.187. The average molecular weight is 353 g/mol. The van der Waals surface area contributed by atoms with Gasteiger partial charge in [0.1, 0.15) is 5.52 Å². The third-order valence-electron chi connectivity index (χ3n) is 5.41. The third kappa shape index (κ3) is 2.48. The minimum Gasteiger partial charge on any atom is -0.416 e. The fourth-order valence-electron chi connectivity index (χ4n) is 3.94. The molecule has 4 rings (SSSR count). The predicted octanol–water partition coefficient (Wildman–Crippen LogP) is 3.46. The van der Waals surface area contributed by atoms with Crippen molar-refractivity contribution in [2.45, 2.75) is 40.2 Å². The molecule has 0 atom stereocenters. The van der Waals surface area contributed by atoms with E-state index in [1.807, 2.05) is 12.1 Å². The maximum atomic E-state index is 12.1. The Hall–Kier alpha value is -2.47. The van der Waals surface area contributed by atoms with E-state index >= 15 is 0 Å². The van der Waals surface area contributed by atoms with Gasteiger partial charge in [0.15, 0.2) is 5.78 Å². The number of likely N-dealkylation sites (N-methyl/N-ethyl adjacent to an activating group) is 1. The summed E-state index contributed by atoms with van der Waals surface area (Å²) >= 11 is 0. The van der Waals surface area contributed by atoms with Gasteiger partial charge in [0, 0.05) is 37.4 Å². The second-order valence-electron chi connectivity index (χ2n) is 6.82. The number of oxazole rings is 1. The average Bonchev–Trinajstić information content (AvgIpc) is 3.29. The van der Waals surface area contributed by atoms with Crippen molar-refractivity contribution in [1.29, 1.82) is 0 Å². The molecule has 0 radical (unpaired) electrons. The Morgan fingerprint density at radius 3 is 2.73 bits per heavy atom. The van der Waals surface area contributed by atoms with E-state index in [1.165, 1.54) is 6.92 Å². The van der Waals surface area contributed by atoms with Crippen LogP contribution in [0.25, 0.3) is 22.1 Å². The molecular formula is C20H23N3O3. The molecule has 0 N–H and O–H groups in total. The number of fused-ring (bicyclic) bond motifs is 5. The van der Waals surface area contributed by atoms with E-state index in [0.717, 1.165) is 54.6 Å². The van der Waals surface area contributed by atoms with Gasteiger partial charge in [-0.3, -0.25) is 9.59 Å². The summed E-state index contributed by atoms with van der Waals surface area (Å²) in [5, 5.41) is 0.971. The number of nitrogens with zero attached hydrogens (tertiary/aromatic N) is 3. The molecule has 0 fully saturated rings. The normalized spacial score (nSPS) is 14.1. The summed E-state index contributed by atoms with van der Waals surface area (Å²) in [6.45, 7) is 9.36. The van der Waals surface area contributed by atoms with Crippen molar-refractivity contribution in [3.05, 3.63) is 29.2 Å². The first kappa shape index (κ1) is 17.0. The van der Waals surface area contributed by atoms with Gasteiger partial charge in [-0.2, -0.15) is 0 Å². The lowest BCUT2D eigenvalue weighted by molar-refractivity contribution is 0.0978. The number of hydrogen-bond acceptors (Lipinski definition) is 5.